The van der Waals surface area contributed by atoms with Gasteiger partial charge in [0.2, 0.25) is 0 Å². The van der Waals surface area contributed by atoms with Crippen LogP contribution in [0.2, 0.25) is 0 Å². The second kappa shape index (κ2) is 4.90. The molecule has 0 amide bonds. The van der Waals surface area contributed by atoms with E-state index in [0.29, 0.717) is 5.92 Å². The van der Waals surface area contributed by atoms with Crippen LogP contribution in [0.15, 0.2) is 0 Å². The highest BCUT2D eigenvalue weighted by Gasteiger charge is 2.23. The SMILES string of the molecule is Cc1[nH]c(C(C)CC(=O)O)nc1C1CCCC1. The molecule has 0 radical (unpaired) electrons. The summed E-state index contributed by atoms with van der Waals surface area (Å²) in [5.41, 5.74) is 2.28. The maximum atomic E-state index is 10.7. The first-order valence-electron chi connectivity index (χ1n) is 6.36. The van der Waals surface area contributed by atoms with Gasteiger partial charge in [-0.05, 0) is 19.8 Å². The molecule has 1 unspecified atom stereocenters. The van der Waals surface area contributed by atoms with Gasteiger partial charge in [0.05, 0.1) is 12.1 Å². The summed E-state index contributed by atoms with van der Waals surface area (Å²) in [6.45, 7) is 3.95. The van der Waals surface area contributed by atoms with Crippen molar-refractivity contribution in [3.63, 3.8) is 0 Å². The molecule has 1 atom stereocenters. The summed E-state index contributed by atoms with van der Waals surface area (Å²) >= 11 is 0. The van der Waals surface area contributed by atoms with Gasteiger partial charge < -0.3 is 10.1 Å². The molecule has 4 heteroatoms. The molecule has 1 fully saturated rings. The number of hydrogen-bond acceptors (Lipinski definition) is 2. The monoisotopic (exact) mass is 236 g/mol. The van der Waals surface area contributed by atoms with Gasteiger partial charge in [-0.2, -0.15) is 0 Å². The summed E-state index contributed by atoms with van der Waals surface area (Å²) in [6.07, 6.45) is 5.15. The van der Waals surface area contributed by atoms with Crippen molar-refractivity contribution in [2.24, 2.45) is 0 Å². The first kappa shape index (κ1) is 12.1. The maximum absolute atomic E-state index is 10.7. The van der Waals surface area contributed by atoms with Crippen LogP contribution in [-0.2, 0) is 4.79 Å². The number of carboxylic acids is 1. The van der Waals surface area contributed by atoms with Crippen LogP contribution >= 0.6 is 0 Å². The van der Waals surface area contributed by atoms with Crippen LogP contribution < -0.4 is 0 Å². The molecule has 0 aromatic carbocycles. The Bertz CT molecular complexity index is 406. The fourth-order valence-corrected chi connectivity index (χ4v) is 2.69. The van der Waals surface area contributed by atoms with Crippen LogP contribution in [0, 0.1) is 6.92 Å². The van der Waals surface area contributed by atoms with Gasteiger partial charge in [-0.25, -0.2) is 4.98 Å². The van der Waals surface area contributed by atoms with Gasteiger partial charge in [-0.3, -0.25) is 4.79 Å². The predicted octanol–water partition coefficient (Wildman–Crippen LogP) is 2.95. The van der Waals surface area contributed by atoms with Crippen LogP contribution in [0.5, 0.6) is 0 Å². The summed E-state index contributed by atoms with van der Waals surface area (Å²) < 4.78 is 0. The molecule has 1 aliphatic carbocycles. The van der Waals surface area contributed by atoms with Gasteiger partial charge in [0.15, 0.2) is 0 Å². The third-order valence-electron chi connectivity index (χ3n) is 3.63. The Labute approximate surface area is 101 Å². The Kier molecular flexibility index (Phi) is 3.50. The van der Waals surface area contributed by atoms with E-state index in [2.05, 4.69) is 9.97 Å². The van der Waals surface area contributed by atoms with Crippen molar-refractivity contribution in [2.45, 2.75) is 57.8 Å². The largest absolute Gasteiger partial charge is 0.481 e. The van der Waals surface area contributed by atoms with E-state index < -0.39 is 5.97 Å². The lowest BCUT2D eigenvalue weighted by Crippen LogP contribution is -2.04. The molecule has 0 saturated heterocycles. The third kappa shape index (κ3) is 2.68. The number of aromatic nitrogens is 2. The molecule has 0 bridgehead atoms. The molecule has 0 aliphatic heterocycles. The van der Waals surface area contributed by atoms with Crippen molar-refractivity contribution in [1.29, 1.82) is 0 Å². The molecule has 2 rings (SSSR count). The van der Waals surface area contributed by atoms with Crippen molar-refractivity contribution in [3.05, 3.63) is 17.2 Å². The van der Waals surface area contributed by atoms with Gasteiger partial charge in [0.1, 0.15) is 5.82 Å². The van der Waals surface area contributed by atoms with E-state index in [1.54, 1.807) is 0 Å². The number of nitrogens with zero attached hydrogens (tertiary/aromatic N) is 1. The molecule has 0 spiro atoms. The lowest BCUT2D eigenvalue weighted by atomic mass is 10.0. The molecule has 1 aromatic rings. The van der Waals surface area contributed by atoms with E-state index in [0.717, 1.165) is 17.2 Å². The summed E-state index contributed by atoms with van der Waals surface area (Å²) in [5.74, 6) is 0.596. The standard InChI is InChI=1S/C13H20N2O2/c1-8(7-11(16)17)13-14-9(2)12(15-13)10-5-3-4-6-10/h8,10H,3-7H2,1-2H3,(H,14,15)(H,16,17). The average molecular weight is 236 g/mol. The third-order valence-corrected chi connectivity index (χ3v) is 3.63. The van der Waals surface area contributed by atoms with Gasteiger partial charge in [0, 0.05) is 17.5 Å². The first-order valence-corrected chi connectivity index (χ1v) is 6.36. The number of rotatable bonds is 4. The van der Waals surface area contributed by atoms with E-state index >= 15 is 0 Å². The number of carbonyl (C=O) groups is 1. The zero-order valence-electron chi connectivity index (χ0n) is 10.5. The summed E-state index contributed by atoms with van der Waals surface area (Å²) in [5, 5.41) is 8.79. The highest BCUT2D eigenvalue weighted by Crippen LogP contribution is 2.35. The second-order valence-corrected chi connectivity index (χ2v) is 5.11. The van der Waals surface area contributed by atoms with E-state index in [9.17, 15) is 4.79 Å². The molecule has 94 valence electrons. The lowest BCUT2D eigenvalue weighted by molar-refractivity contribution is -0.137. The smallest absolute Gasteiger partial charge is 0.304 e. The average Bonchev–Trinajstić information content (AvgIpc) is 2.84. The summed E-state index contributed by atoms with van der Waals surface area (Å²) in [6, 6.07) is 0. The van der Waals surface area contributed by atoms with E-state index in [1.165, 1.54) is 25.7 Å². The Morgan fingerprint density at radius 1 is 1.53 bits per heavy atom. The summed E-state index contributed by atoms with van der Waals surface area (Å²) in [4.78, 5) is 18.6. The van der Waals surface area contributed by atoms with Crippen molar-refractivity contribution in [3.8, 4) is 0 Å². The number of aliphatic carboxylic acids is 1. The van der Waals surface area contributed by atoms with Gasteiger partial charge >= 0.3 is 5.97 Å². The molecule has 1 saturated carbocycles. The highest BCUT2D eigenvalue weighted by atomic mass is 16.4. The lowest BCUT2D eigenvalue weighted by Gasteiger charge is -2.06. The van der Waals surface area contributed by atoms with Crippen molar-refractivity contribution in [1.82, 2.24) is 9.97 Å². The number of carboxylic acid groups (broad SMARTS) is 1. The van der Waals surface area contributed by atoms with Crippen molar-refractivity contribution < 1.29 is 9.90 Å². The zero-order chi connectivity index (χ0) is 12.4. The summed E-state index contributed by atoms with van der Waals surface area (Å²) in [7, 11) is 0. The minimum absolute atomic E-state index is 0.0404. The first-order chi connectivity index (χ1) is 8.08. The van der Waals surface area contributed by atoms with Gasteiger partial charge in [-0.1, -0.05) is 19.8 Å². The Hall–Kier alpha value is -1.32. The Morgan fingerprint density at radius 3 is 2.76 bits per heavy atom. The van der Waals surface area contributed by atoms with Crippen LogP contribution in [0.3, 0.4) is 0 Å². The maximum Gasteiger partial charge on any atom is 0.304 e. The molecule has 1 aliphatic rings. The molecule has 1 heterocycles. The second-order valence-electron chi connectivity index (χ2n) is 5.11. The minimum atomic E-state index is -0.769. The zero-order valence-corrected chi connectivity index (χ0v) is 10.5. The molecule has 2 N–H and O–H groups in total. The minimum Gasteiger partial charge on any atom is -0.481 e. The molecular weight excluding hydrogens is 216 g/mol. The Balaban J connectivity index is 2.14. The molecule has 17 heavy (non-hydrogen) atoms. The number of H-pyrrole nitrogens is 1. The van der Waals surface area contributed by atoms with E-state index in [1.807, 2.05) is 13.8 Å². The molecular formula is C13H20N2O2. The number of aryl methyl sites for hydroxylation is 1. The number of hydrogen-bond donors (Lipinski definition) is 2. The van der Waals surface area contributed by atoms with E-state index in [4.69, 9.17) is 5.11 Å². The number of aromatic amines is 1. The fraction of sp³-hybridized carbons (Fsp3) is 0.692. The topological polar surface area (TPSA) is 66.0 Å². The van der Waals surface area contributed by atoms with Crippen molar-refractivity contribution >= 4 is 5.97 Å². The Morgan fingerprint density at radius 2 is 2.18 bits per heavy atom. The molecule has 1 aromatic heterocycles. The van der Waals surface area contributed by atoms with Crippen LogP contribution in [0.1, 0.15) is 68.1 Å². The number of imidazole rings is 1. The number of nitrogens with one attached hydrogen (secondary N) is 1. The van der Waals surface area contributed by atoms with E-state index in [-0.39, 0.29) is 12.3 Å². The predicted molar refractivity (Wildman–Crippen MR) is 65.2 cm³/mol. The van der Waals surface area contributed by atoms with Crippen molar-refractivity contribution in [2.75, 3.05) is 0 Å². The van der Waals surface area contributed by atoms with Gasteiger partial charge in [-0.15, -0.1) is 0 Å². The van der Waals surface area contributed by atoms with Crippen LogP contribution in [0.4, 0.5) is 0 Å². The highest BCUT2D eigenvalue weighted by molar-refractivity contribution is 5.67. The van der Waals surface area contributed by atoms with Crippen LogP contribution in [-0.4, -0.2) is 21.0 Å². The normalized spacial score (nSPS) is 18.5. The molecule has 4 nitrogen and oxygen atoms in total. The fourth-order valence-electron chi connectivity index (χ4n) is 2.69. The van der Waals surface area contributed by atoms with Crippen LogP contribution in [0.25, 0.3) is 0 Å². The van der Waals surface area contributed by atoms with Gasteiger partial charge in [0.25, 0.3) is 0 Å². The quantitative estimate of drug-likeness (QED) is 0.844.